The molecule has 33 heavy (non-hydrogen) atoms. The zero-order chi connectivity index (χ0) is 22.8. The Bertz CT molecular complexity index is 1240. The molecule has 0 aliphatic carbocycles. The first-order valence-corrected chi connectivity index (χ1v) is 11.6. The van der Waals surface area contributed by atoms with Gasteiger partial charge in [0.1, 0.15) is 0 Å². The molecule has 0 radical (unpaired) electrons. The summed E-state index contributed by atoms with van der Waals surface area (Å²) in [5, 5.41) is 4.33. The van der Waals surface area contributed by atoms with E-state index in [1.54, 1.807) is 0 Å². The third kappa shape index (κ3) is 4.26. The quantitative estimate of drug-likeness (QED) is 0.411. The molecule has 4 heterocycles. The van der Waals surface area contributed by atoms with Crippen LogP contribution in [0.15, 0.2) is 85.3 Å². The molecular weight excluding hydrogens is 426 g/mol. The van der Waals surface area contributed by atoms with E-state index in [1.165, 1.54) is 28.1 Å². The summed E-state index contributed by atoms with van der Waals surface area (Å²) in [7, 11) is 0. The van der Waals surface area contributed by atoms with Gasteiger partial charge in [0.15, 0.2) is 5.11 Å². The van der Waals surface area contributed by atoms with Crippen LogP contribution >= 0.6 is 12.2 Å². The molecule has 5 nitrogen and oxygen atoms in total. The van der Waals surface area contributed by atoms with Crippen LogP contribution in [-0.4, -0.2) is 24.5 Å². The highest BCUT2D eigenvalue weighted by Gasteiger charge is 2.41. The van der Waals surface area contributed by atoms with Gasteiger partial charge in [0.2, 0.25) is 0 Å². The van der Waals surface area contributed by atoms with Crippen LogP contribution in [0, 0.1) is 13.8 Å². The van der Waals surface area contributed by atoms with Crippen LogP contribution in [0.25, 0.3) is 0 Å². The van der Waals surface area contributed by atoms with Crippen LogP contribution in [0.5, 0.6) is 0 Å². The molecule has 1 aromatic carbocycles. The minimum atomic E-state index is -0.0164. The average Bonchev–Trinajstić information content (AvgIpc) is 3.31. The third-order valence-electron chi connectivity index (χ3n) is 6.41. The zero-order valence-electron chi connectivity index (χ0n) is 18.8. The van der Waals surface area contributed by atoms with Crippen molar-refractivity contribution in [1.29, 1.82) is 0 Å². The number of aromatic nitrogens is 3. The van der Waals surface area contributed by atoms with Crippen LogP contribution in [0.3, 0.4) is 0 Å². The fraction of sp³-hybridized carbons (Fsp3) is 0.222. The van der Waals surface area contributed by atoms with Gasteiger partial charge in [-0.3, -0.25) is 9.97 Å². The first kappa shape index (κ1) is 21.3. The molecule has 0 bridgehead atoms. The lowest BCUT2D eigenvalue weighted by molar-refractivity contribution is 0.310. The highest BCUT2D eigenvalue weighted by molar-refractivity contribution is 7.80. The van der Waals surface area contributed by atoms with Gasteiger partial charge in [0.05, 0.1) is 17.8 Å². The molecule has 0 unspecified atom stereocenters. The van der Waals surface area contributed by atoms with E-state index in [1.807, 2.05) is 36.8 Å². The minimum absolute atomic E-state index is 0.0164. The summed E-state index contributed by atoms with van der Waals surface area (Å²) in [6.07, 6.45) is 5.55. The summed E-state index contributed by atoms with van der Waals surface area (Å²) in [5.74, 6) is 0. The summed E-state index contributed by atoms with van der Waals surface area (Å²) in [5.41, 5.74) is 7.23. The molecule has 1 aliphatic heterocycles. The molecule has 0 saturated carbocycles. The van der Waals surface area contributed by atoms with Gasteiger partial charge < -0.3 is 14.8 Å². The van der Waals surface area contributed by atoms with E-state index in [0.717, 1.165) is 23.9 Å². The fourth-order valence-corrected chi connectivity index (χ4v) is 5.04. The van der Waals surface area contributed by atoms with Crippen molar-refractivity contribution >= 4 is 17.3 Å². The van der Waals surface area contributed by atoms with Crippen molar-refractivity contribution in [2.24, 2.45) is 0 Å². The van der Waals surface area contributed by atoms with E-state index in [2.05, 4.69) is 87.1 Å². The summed E-state index contributed by atoms with van der Waals surface area (Å²) in [6.45, 7) is 5.95. The average molecular weight is 454 g/mol. The predicted octanol–water partition coefficient (Wildman–Crippen LogP) is 5.12. The van der Waals surface area contributed by atoms with Gasteiger partial charge in [-0.05, 0) is 73.1 Å². The normalized spacial score (nSPS) is 17.9. The minimum Gasteiger partial charge on any atom is -0.352 e. The number of hydrogen-bond donors (Lipinski definition) is 1. The summed E-state index contributed by atoms with van der Waals surface area (Å²) >= 11 is 5.85. The number of aryl methyl sites for hydroxylation is 1. The van der Waals surface area contributed by atoms with Gasteiger partial charge in [-0.15, -0.1) is 0 Å². The largest absolute Gasteiger partial charge is 0.352 e. The van der Waals surface area contributed by atoms with Crippen molar-refractivity contribution < 1.29 is 0 Å². The second kappa shape index (κ2) is 9.16. The Labute approximate surface area is 200 Å². The summed E-state index contributed by atoms with van der Waals surface area (Å²) < 4.78 is 2.38. The molecule has 1 N–H and O–H groups in total. The lowest BCUT2D eigenvalue weighted by Crippen LogP contribution is -2.29. The van der Waals surface area contributed by atoms with E-state index >= 15 is 0 Å². The van der Waals surface area contributed by atoms with E-state index in [4.69, 9.17) is 12.2 Å². The van der Waals surface area contributed by atoms with Crippen LogP contribution in [-0.2, 0) is 13.1 Å². The predicted molar refractivity (Wildman–Crippen MR) is 135 cm³/mol. The van der Waals surface area contributed by atoms with Gasteiger partial charge in [-0.1, -0.05) is 36.4 Å². The fourth-order valence-electron chi connectivity index (χ4n) is 4.74. The first-order valence-electron chi connectivity index (χ1n) is 11.2. The number of thiocarbonyl (C=S) groups is 1. The maximum absolute atomic E-state index is 5.85. The second-order valence-electron chi connectivity index (χ2n) is 8.51. The molecule has 4 aromatic rings. The maximum atomic E-state index is 5.85. The van der Waals surface area contributed by atoms with Gasteiger partial charge in [0, 0.05) is 43.1 Å². The Morgan fingerprint density at radius 3 is 2.33 bits per heavy atom. The third-order valence-corrected chi connectivity index (χ3v) is 6.77. The monoisotopic (exact) mass is 453 g/mol. The van der Waals surface area contributed by atoms with Crippen molar-refractivity contribution in [1.82, 2.24) is 24.8 Å². The summed E-state index contributed by atoms with van der Waals surface area (Å²) in [4.78, 5) is 11.1. The highest BCUT2D eigenvalue weighted by Crippen LogP contribution is 2.41. The lowest BCUT2D eigenvalue weighted by atomic mass is 9.96. The number of rotatable bonds is 6. The Morgan fingerprint density at radius 2 is 1.61 bits per heavy atom. The number of nitrogens with zero attached hydrogens (tertiary/aromatic N) is 4. The first-order chi connectivity index (χ1) is 16.1. The second-order valence-corrected chi connectivity index (χ2v) is 8.89. The van der Waals surface area contributed by atoms with Crippen LogP contribution in [0.1, 0.15) is 45.9 Å². The van der Waals surface area contributed by atoms with E-state index in [9.17, 15) is 0 Å². The lowest BCUT2D eigenvalue weighted by Gasteiger charge is -2.28. The molecule has 5 rings (SSSR count). The maximum Gasteiger partial charge on any atom is 0.170 e. The van der Waals surface area contributed by atoms with Gasteiger partial charge in [0.25, 0.3) is 0 Å². The smallest absolute Gasteiger partial charge is 0.170 e. The number of benzene rings is 1. The number of hydrogen-bond acceptors (Lipinski definition) is 3. The zero-order valence-corrected chi connectivity index (χ0v) is 19.7. The van der Waals surface area contributed by atoms with Gasteiger partial charge in [-0.25, -0.2) is 0 Å². The molecule has 0 spiro atoms. The molecule has 1 fully saturated rings. The highest BCUT2D eigenvalue weighted by atomic mass is 32.1. The molecule has 1 saturated heterocycles. The Hall–Kier alpha value is -3.51. The topological polar surface area (TPSA) is 46.0 Å². The molecule has 166 valence electrons. The van der Waals surface area contributed by atoms with Crippen molar-refractivity contribution in [3.8, 4) is 0 Å². The SMILES string of the molecule is Cc1cc([C@H]2[C@H](c3ccccn3)NC(=S)N2Cc2ccccc2)c(C)n1Cc1ccncc1. The van der Waals surface area contributed by atoms with Crippen molar-refractivity contribution in [3.05, 3.63) is 119 Å². The molecule has 0 amide bonds. The van der Waals surface area contributed by atoms with Crippen LogP contribution in [0.4, 0.5) is 0 Å². The van der Waals surface area contributed by atoms with Crippen molar-refractivity contribution in [3.63, 3.8) is 0 Å². The van der Waals surface area contributed by atoms with Crippen molar-refractivity contribution in [2.75, 3.05) is 0 Å². The van der Waals surface area contributed by atoms with E-state index in [-0.39, 0.29) is 12.1 Å². The van der Waals surface area contributed by atoms with Crippen LogP contribution < -0.4 is 5.32 Å². The van der Waals surface area contributed by atoms with E-state index in [0.29, 0.717) is 0 Å². The molecule has 2 atom stereocenters. The molecular formula is C27H27N5S. The Kier molecular flexibility index (Phi) is 5.92. The number of nitrogens with one attached hydrogen (secondary N) is 1. The standard InChI is InChI=1S/C27H27N5S/c1-19-16-23(20(2)31(19)17-22-11-14-28-15-12-22)26-25(24-10-6-7-13-29-24)30-27(33)32(26)18-21-8-4-3-5-9-21/h3-16,25-26H,17-18H2,1-2H3,(H,30,33)/t25-,26-/m0/s1. The van der Waals surface area contributed by atoms with E-state index < -0.39 is 0 Å². The van der Waals surface area contributed by atoms with Gasteiger partial charge >= 0.3 is 0 Å². The summed E-state index contributed by atoms with van der Waals surface area (Å²) in [6, 6.07) is 23.1. The van der Waals surface area contributed by atoms with Crippen LogP contribution in [0.2, 0.25) is 0 Å². The van der Waals surface area contributed by atoms with Gasteiger partial charge in [-0.2, -0.15) is 0 Å². The number of pyridine rings is 2. The molecule has 1 aliphatic rings. The Morgan fingerprint density at radius 1 is 0.879 bits per heavy atom. The van der Waals surface area contributed by atoms with Crippen molar-refractivity contribution in [2.45, 2.75) is 39.0 Å². The molecule has 6 heteroatoms. The molecule has 3 aromatic heterocycles. The Balaban J connectivity index is 1.56.